The average Bonchev–Trinajstić information content (AvgIpc) is 2.84. The highest BCUT2D eigenvalue weighted by atomic mass is 19.1. The van der Waals surface area contributed by atoms with E-state index in [2.05, 4.69) is 41.0 Å². The first-order valence-corrected chi connectivity index (χ1v) is 7.43. The Morgan fingerprint density at radius 1 is 1.40 bits per heavy atom. The second kappa shape index (κ2) is 6.04. The molecule has 112 valence electrons. The molecule has 1 saturated heterocycles. The quantitative estimate of drug-likeness (QED) is 0.920. The summed E-state index contributed by atoms with van der Waals surface area (Å²) >= 11 is 0. The number of aromatic nitrogens is 2. The van der Waals surface area contributed by atoms with Gasteiger partial charge >= 0.3 is 0 Å². The highest BCUT2D eigenvalue weighted by Crippen LogP contribution is 2.27. The Morgan fingerprint density at radius 2 is 2.15 bits per heavy atom. The maximum absolute atomic E-state index is 14.4. The molecule has 1 aliphatic heterocycles. The summed E-state index contributed by atoms with van der Waals surface area (Å²) < 4.78 is 14.4. The van der Waals surface area contributed by atoms with Gasteiger partial charge < -0.3 is 10.2 Å². The molecule has 0 radical (unpaired) electrons. The summed E-state index contributed by atoms with van der Waals surface area (Å²) in [4.78, 5) is 10.3. The predicted octanol–water partition coefficient (Wildman–Crippen LogP) is 2.54. The molecule has 1 atom stereocenters. The van der Waals surface area contributed by atoms with Crippen LogP contribution in [-0.4, -0.2) is 34.6 Å². The number of rotatable bonds is 4. The summed E-state index contributed by atoms with van der Waals surface area (Å²) in [6.07, 6.45) is 4.24. The average molecular weight is 280 g/mol. The molecule has 1 unspecified atom stereocenters. The van der Waals surface area contributed by atoms with Crippen LogP contribution in [0.4, 0.5) is 10.2 Å². The lowest BCUT2D eigenvalue weighted by atomic mass is 10.1. The van der Waals surface area contributed by atoms with E-state index in [0.29, 0.717) is 24.0 Å². The van der Waals surface area contributed by atoms with Crippen LogP contribution in [0, 0.1) is 5.82 Å². The van der Waals surface area contributed by atoms with Crippen molar-refractivity contribution >= 4 is 5.82 Å². The molecule has 1 N–H and O–H groups in total. The van der Waals surface area contributed by atoms with E-state index in [1.807, 2.05) is 6.92 Å². The van der Waals surface area contributed by atoms with Crippen LogP contribution >= 0.6 is 0 Å². The van der Waals surface area contributed by atoms with E-state index < -0.39 is 0 Å². The topological polar surface area (TPSA) is 41.1 Å². The molecule has 0 aliphatic carbocycles. The first-order chi connectivity index (χ1) is 9.42. The molecule has 2 heterocycles. The van der Waals surface area contributed by atoms with E-state index in [1.54, 1.807) is 0 Å². The molecule has 1 aromatic heterocycles. The van der Waals surface area contributed by atoms with Crippen LogP contribution < -0.4 is 10.2 Å². The predicted molar refractivity (Wildman–Crippen MR) is 79.5 cm³/mol. The van der Waals surface area contributed by atoms with Gasteiger partial charge in [-0.3, -0.25) is 0 Å². The van der Waals surface area contributed by atoms with Gasteiger partial charge in [-0.15, -0.1) is 0 Å². The number of aryl methyl sites for hydroxylation is 1. The van der Waals surface area contributed by atoms with Crippen LogP contribution in [-0.2, 0) is 6.42 Å². The SMILES string of the molecule is CCc1ncnc(N2CCCC2CNC(C)(C)C)c1F. The van der Waals surface area contributed by atoms with Gasteiger partial charge in [0.25, 0.3) is 0 Å². The fraction of sp³-hybridized carbons (Fsp3) is 0.733. The van der Waals surface area contributed by atoms with E-state index in [-0.39, 0.29) is 11.4 Å². The molecule has 0 bridgehead atoms. The van der Waals surface area contributed by atoms with Crippen LogP contribution in [0.1, 0.15) is 46.2 Å². The number of hydrogen-bond acceptors (Lipinski definition) is 4. The molecule has 4 nitrogen and oxygen atoms in total. The van der Waals surface area contributed by atoms with Crippen molar-refractivity contribution < 1.29 is 4.39 Å². The highest BCUT2D eigenvalue weighted by molar-refractivity contribution is 5.43. The fourth-order valence-electron chi connectivity index (χ4n) is 2.59. The van der Waals surface area contributed by atoms with Gasteiger partial charge in [0.2, 0.25) is 0 Å². The molecule has 0 aromatic carbocycles. The summed E-state index contributed by atoms with van der Waals surface area (Å²) in [5.41, 5.74) is 0.581. The lowest BCUT2D eigenvalue weighted by Gasteiger charge is -2.30. The molecule has 1 fully saturated rings. The Hall–Kier alpha value is -1.23. The molecule has 1 aromatic rings. The molecule has 20 heavy (non-hydrogen) atoms. The minimum atomic E-state index is -0.252. The molecular weight excluding hydrogens is 255 g/mol. The van der Waals surface area contributed by atoms with Crippen LogP contribution in [0.5, 0.6) is 0 Å². The van der Waals surface area contributed by atoms with E-state index in [0.717, 1.165) is 25.9 Å². The van der Waals surface area contributed by atoms with Crippen molar-refractivity contribution in [1.82, 2.24) is 15.3 Å². The Kier molecular flexibility index (Phi) is 4.58. The van der Waals surface area contributed by atoms with Gasteiger partial charge in [-0.2, -0.15) is 0 Å². The number of anilines is 1. The minimum Gasteiger partial charge on any atom is -0.350 e. The van der Waals surface area contributed by atoms with Crippen molar-refractivity contribution in [3.8, 4) is 0 Å². The first kappa shape index (κ1) is 15.2. The number of nitrogens with one attached hydrogen (secondary N) is 1. The zero-order valence-corrected chi connectivity index (χ0v) is 12.9. The van der Waals surface area contributed by atoms with Gasteiger partial charge in [0.05, 0.1) is 5.69 Å². The number of nitrogens with zero attached hydrogens (tertiary/aromatic N) is 3. The van der Waals surface area contributed by atoms with Crippen LogP contribution in [0.2, 0.25) is 0 Å². The molecular formula is C15H25FN4. The molecule has 1 aliphatic rings. The molecule has 0 spiro atoms. The second-order valence-electron chi connectivity index (χ2n) is 6.43. The molecule has 2 rings (SSSR count). The van der Waals surface area contributed by atoms with E-state index in [4.69, 9.17) is 0 Å². The number of halogens is 1. The van der Waals surface area contributed by atoms with Crippen molar-refractivity contribution in [2.75, 3.05) is 18.0 Å². The van der Waals surface area contributed by atoms with Crippen molar-refractivity contribution in [1.29, 1.82) is 0 Å². The van der Waals surface area contributed by atoms with Crippen molar-refractivity contribution in [2.24, 2.45) is 0 Å². The third-order valence-electron chi connectivity index (χ3n) is 3.70. The van der Waals surface area contributed by atoms with Crippen molar-refractivity contribution in [2.45, 2.75) is 58.5 Å². The van der Waals surface area contributed by atoms with E-state index in [1.165, 1.54) is 6.33 Å². The summed E-state index contributed by atoms with van der Waals surface area (Å²) in [5.74, 6) is 0.215. The maximum atomic E-state index is 14.4. The second-order valence-corrected chi connectivity index (χ2v) is 6.43. The lowest BCUT2D eigenvalue weighted by Crippen LogP contribution is -2.45. The molecule has 0 saturated carbocycles. The zero-order valence-electron chi connectivity index (χ0n) is 12.9. The van der Waals surface area contributed by atoms with Gasteiger partial charge in [-0.1, -0.05) is 6.92 Å². The highest BCUT2D eigenvalue weighted by Gasteiger charge is 2.29. The lowest BCUT2D eigenvalue weighted by molar-refractivity contribution is 0.403. The van der Waals surface area contributed by atoms with Gasteiger partial charge in [0.15, 0.2) is 11.6 Å². The standard InChI is InChI=1S/C15H25FN4/c1-5-12-13(16)14(18-10-17-12)20-8-6-7-11(20)9-19-15(2,3)4/h10-11,19H,5-9H2,1-4H3. The monoisotopic (exact) mass is 280 g/mol. The third-order valence-corrected chi connectivity index (χ3v) is 3.70. The normalized spacial score (nSPS) is 19.6. The van der Waals surface area contributed by atoms with E-state index >= 15 is 0 Å². The van der Waals surface area contributed by atoms with Gasteiger partial charge in [-0.05, 0) is 40.0 Å². The van der Waals surface area contributed by atoms with Crippen molar-refractivity contribution in [3.05, 3.63) is 17.8 Å². The van der Waals surface area contributed by atoms with Gasteiger partial charge in [0.1, 0.15) is 6.33 Å². The zero-order chi connectivity index (χ0) is 14.8. The van der Waals surface area contributed by atoms with Crippen LogP contribution in [0.15, 0.2) is 6.33 Å². The summed E-state index contributed by atoms with van der Waals surface area (Å²) in [6.45, 7) is 10.1. The summed E-state index contributed by atoms with van der Waals surface area (Å²) in [5, 5.41) is 3.50. The Morgan fingerprint density at radius 3 is 2.80 bits per heavy atom. The first-order valence-electron chi connectivity index (χ1n) is 7.43. The smallest absolute Gasteiger partial charge is 0.187 e. The Balaban J connectivity index is 2.14. The summed E-state index contributed by atoms with van der Waals surface area (Å²) in [7, 11) is 0. The maximum Gasteiger partial charge on any atom is 0.187 e. The largest absolute Gasteiger partial charge is 0.350 e. The van der Waals surface area contributed by atoms with Crippen molar-refractivity contribution in [3.63, 3.8) is 0 Å². The molecule has 0 amide bonds. The van der Waals surface area contributed by atoms with Crippen LogP contribution in [0.3, 0.4) is 0 Å². The minimum absolute atomic E-state index is 0.0764. The van der Waals surface area contributed by atoms with Gasteiger partial charge in [0, 0.05) is 24.7 Å². The Labute approximate surface area is 120 Å². The van der Waals surface area contributed by atoms with Gasteiger partial charge in [-0.25, -0.2) is 14.4 Å². The molecule has 5 heteroatoms. The summed E-state index contributed by atoms with van der Waals surface area (Å²) in [6, 6.07) is 0.309. The third kappa shape index (κ3) is 3.45. The number of hydrogen-bond donors (Lipinski definition) is 1. The van der Waals surface area contributed by atoms with E-state index in [9.17, 15) is 4.39 Å². The Bertz CT molecular complexity index is 456. The fourth-order valence-corrected chi connectivity index (χ4v) is 2.59. The van der Waals surface area contributed by atoms with Crippen LogP contribution in [0.25, 0.3) is 0 Å².